The molecule has 0 aliphatic carbocycles. The fourth-order valence-corrected chi connectivity index (χ4v) is 2.86. The summed E-state index contributed by atoms with van der Waals surface area (Å²) in [7, 11) is 0. The molecule has 0 saturated carbocycles. The second kappa shape index (κ2) is 7.18. The van der Waals surface area contributed by atoms with Gasteiger partial charge in [-0.05, 0) is 40.8 Å². The van der Waals surface area contributed by atoms with E-state index in [0.29, 0.717) is 11.6 Å². The van der Waals surface area contributed by atoms with Gasteiger partial charge in [0.25, 0.3) is 5.69 Å². The Morgan fingerprint density at radius 1 is 0.840 bits per heavy atom. The molecule has 0 aromatic heterocycles. The Labute approximate surface area is 147 Å². The van der Waals surface area contributed by atoms with Crippen LogP contribution < -0.4 is 5.32 Å². The maximum atomic E-state index is 11.4. The van der Waals surface area contributed by atoms with E-state index < -0.39 is 0 Å². The van der Waals surface area contributed by atoms with Crippen LogP contribution in [0.5, 0.6) is 0 Å². The summed E-state index contributed by atoms with van der Waals surface area (Å²) in [6, 6.07) is 22.9. The molecule has 3 aromatic carbocycles. The van der Waals surface area contributed by atoms with Gasteiger partial charge in [-0.25, -0.2) is 0 Å². The third-order valence-corrected chi connectivity index (χ3v) is 4.15. The molecule has 0 aliphatic rings. The number of rotatable bonds is 5. The Morgan fingerprint density at radius 2 is 1.52 bits per heavy atom. The topological polar surface area (TPSA) is 55.2 Å². The first-order valence-electron chi connectivity index (χ1n) is 8.26. The van der Waals surface area contributed by atoms with Gasteiger partial charge in [-0.1, -0.05) is 62.4 Å². The second-order valence-electron chi connectivity index (χ2n) is 6.22. The number of nitrogens with one attached hydrogen (secondary N) is 1. The predicted octanol–water partition coefficient (Wildman–Crippen LogP) is 6.13. The first kappa shape index (κ1) is 16.7. The summed E-state index contributed by atoms with van der Waals surface area (Å²) in [5.74, 6) is 0.320. The minimum atomic E-state index is -0.352. The molecule has 0 bridgehead atoms. The lowest BCUT2D eigenvalue weighted by Crippen LogP contribution is -2.01. The fraction of sp³-hybridized carbons (Fsp3) is 0.143. The van der Waals surface area contributed by atoms with Gasteiger partial charge in [-0.3, -0.25) is 10.1 Å². The van der Waals surface area contributed by atoms with E-state index in [1.165, 1.54) is 0 Å². The number of benzene rings is 3. The molecule has 0 aliphatic heterocycles. The van der Waals surface area contributed by atoms with E-state index in [1.807, 2.05) is 60.7 Å². The quantitative estimate of drug-likeness (QED) is 0.452. The van der Waals surface area contributed by atoms with Crippen LogP contribution in [-0.4, -0.2) is 4.92 Å². The molecular formula is C21H20N2O2. The van der Waals surface area contributed by atoms with Crippen LogP contribution in [0.25, 0.3) is 11.1 Å². The normalized spacial score (nSPS) is 10.7. The number of para-hydroxylation sites is 1. The van der Waals surface area contributed by atoms with Gasteiger partial charge in [0, 0.05) is 11.8 Å². The monoisotopic (exact) mass is 332 g/mol. The Kier molecular flexibility index (Phi) is 4.80. The first-order valence-corrected chi connectivity index (χ1v) is 8.26. The number of nitro benzene ring substituents is 1. The van der Waals surface area contributed by atoms with Crippen molar-refractivity contribution < 1.29 is 4.92 Å². The van der Waals surface area contributed by atoms with E-state index in [2.05, 4.69) is 19.2 Å². The van der Waals surface area contributed by atoms with Crippen LogP contribution in [0.1, 0.15) is 25.3 Å². The summed E-state index contributed by atoms with van der Waals surface area (Å²) in [5.41, 5.74) is 4.55. The third-order valence-electron chi connectivity index (χ3n) is 4.15. The van der Waals surface area contributed by atoms with Gasteiger partial charge in [0.1, 0.15) is 5.69 Å². The molecule has 0 saturated heterocycles. The molecule has 3 rings (SSSR count). The molecule has 0 radical (unpaired) electrons. The molecular weight excluding hydrogens is 312 g/mol. The SMILES string of the molecule is CC(C)c1ccccc1Nc1cc(-c2ccccc2)ccc1[N+](=O)[O-]. The summed E-state index contributed by atoms with van der Waals surface area (Å²) in [5, 5.41) is 14.7. The van der Waals surface area contributed by atoms with Gasteiger partial charge >= 0.3 is 0 Å². The van der Waals surface area contributed by atoms with Gasteiger partial charge in [0.2, 0.25) is 0 Å². The summed E-state index contributed by atoms with van der Waals surface area (Å²) >= 11 is 0. The molecule has 0 fully saturated rings. The zero-order valence-corrected chi connectivity index (χ0v) is 14.3. The highest BCUT2D eigenvalue weighted by Gasteiger charge is 2.16. The van der Waals surface area contributed by atoms with Crippen LogP contribution in [0.15, 0.2) is 72.8 Å². The van der Waals surface area contributed by atoms with Crippen molar-refractivity contribution in [3.05, 3.63) is 88.5 Å². The Balaban J connectivity index is 2.06. The summed E-state index contributed by atoms with van der Waals surface area (Å²) in [4.78, 5) is 11.1. The molecule has 0 spiro atoms. The van der Waals surface area contributed by atoms with Crippen molar-refractivity contribution >= 4 is 17.1 Å². The average molecular weight is 332 g/mol. The first-order chi connectivity index (χ1) is 12.1. The van der Waals surface area contributed by atoms with Gasteiger partial charge in [-0.2, -0.15) is 0 Å². The van der Waals surface area contributed by atoms with E-state index in [0.717, 1.165) is 22.4 Å². The molecule has 4 heteroatoms. The Bertz CT molecular complexity index is 889. The predicted molar refractivity (Wildman–Crippen MR) is 102 cm³/mol. The van der Waals surface area contributed by atoms with Crippen LogP contribution in [0.3, 0.4) is 0 Å². The molecule has 0 amide bonds. The molecule has 1 N–H and O–H groups in total. The molecule has 4 nitrogen and oxygen atoms in total. The van der Waals surface area contributed by atoms with Crippen molar-refractivity contribution in [3.63, 3.8) is 0 Å². The van der Waals surface area contributed by atoms with Gasteiger partial charge in [-0.15, -0.1) is 0 Å². The number of nitrogens with zero attached hydrogens (tertiary/aromatic N) is 1. The fourth-order valence-electron chi connectivity index (χ4n) is 2.86. The highest BCUT2D eigenvalue weighted by Crippen LogP contribution is 2.34. The zero-order chi connectivity index (χ0) is 17.8. The van der Waals surface area contributed by atoms with E-state index >= 15 is 0 Å². The molecule has 0 heterocycles. The van der Waals surface area contributed by atoms with E-state index in [4.69, 9.17) is 0 Å². The Morgan fingerprint density at radius 3 is 2.20 bits per heavy atom. The molecule has 0 unspecified atom stereocenters. The summed E-state index contributed by atoms with van der Waals surface area (Å²) in [6.07, 6.45) is 0. The lowest BCUT2D eigenvalue weighted by atomic mass is 10.0. The summed E-state index contributed by atoms with van der Waals surface area (Å²) < 4.78 is 0. The van der Waals surface area contributed by atoms with Crippen LogP contribution in [-0.2, 0) is 0 Å². The van der Waals surface area contributed by atoms with Crippen LogP contribution in [0.2, 0.25) is 0 Å². The zero-order valence-electron chi connectivity index (χ0n) is 14.3. The third kappa shape index (κ3) is 3.69. The van der Waals surface area contributed by atoms with Crippen molar-refractivity contribution in [2.24, 2.45) is 0 Å². The molecule has 3 aromatic rings. The van der Waals surface area contributed by atoms with E-state index in [1.54, 1.807) is 12.1 Å². The smallest absolute Gasteiger partial charge is 0.292 e. The number of hydrogen-bond acceptors (Lipinski definition) is 3. The standard InChI is InChI=1S/C21H20N2O2/c1-15(2)18-10-6-7-11-19(18)22-20-14-17(12-13-21(20)23(24)25)16-8-4-3-5-9-16/h3-15,22H,1-2H3. The van der Waals surface area contributed by atoms with Gasteiger partial charge in [0.15, 0.2) is 0 Å². The van der Waals surface area contributed by atoms with Crippen LogP contribution in [0, 0.1) is 10.1 Å². The van der Waals surface area contributed by atoms with Gasteiger partial charge in [0.05, 0.1) is 4.92 Å². The van der Waals surface area contributed by atoms with Crippen LogP contribution >= 0.6 is 0 Å². The maximum Gasteiger partial charge on any atom is 0.292 e. The lowest BCUT2D eigenvalue weighted by Gasteiger charge is -2.15. The molecule has 0 atom stereocenters. The highest BCUT2D eigenvalue weighted by molar-refractivity contribution is 5.78. The van der Waals surface area contributed by atoms with Crippen molar-refractivity contribution in [1.29, 1.82) is 0 Å². The van der Waals surface area contributed by atoms with Crippen LogP contribution in [0.4, 0.5) is 17.1 Å². The van der Waals surface area contributed by atoms with Crippen molar-refractivity contribution in [2.45, 2.75) is 19.8 Å². The largest absolute Gasteiger partial charge is 0.350 e. The van der Waals surface area contributed by atoms with Gasteiger partial charge < -0.3 is 5.32 Å². The lowest BCUT2D eigenvalue weighted by molar-refractivity contribution is -0.383. The molecule has 25 heavy (non-hydrogen) atoms. The van der Waals surface area contributed by atoms with Crippen molar-refractivity contribution in [1.82, 2.24) is 0 Å². The number of anilines is 2. The minimum absolute atomic E-state index is 0.0678. The highest BCUT2D eigenvalue weighted by atomic mass is 16.6. The Hall–Kier alpha value is -3.14. The minimum Gasteiger partial charge on any atom is -0.350 e. The molecule has 126 valence electrons. The van der Waals surface area contributed by atoms with E-state index in [-0.39, 0.29) is 10.6 Å². The second-order valence-corrected chi connectivity index (χ2v) is 6.22. The van der Waals surface area contributed by atoms with Crippen molar-refractivity contribution in [2.75, 3.05) is 5.32 Å². The van der Waals surface area contributed by atoms with Crippen molar-refractivity contribution in [3.8, 4) is 11.1 Å². The number of hydrogen-bond donors (Lipinski definition) is 1. The maximum absolute atomic E-state index is 11.4. The van der Waals surface area contributed by atoms with E-state index in [9.17, 15) is 10.1 Å². The average Bonchev–Trinajstić information content (AvgIpc) is 2.62. The summed E-state index contributed by atoms with van der Waals surface area (Å²) in [6.45, 7) is 4.21. The number of nitro groups is 1.